The molecule has 0 atom stereocenters. The van der Waals surface area contributed by atoms with Crippen molar-refractivity contribution in [2.24, 2.45) is 0 Å². The van der Waals surface area contributed by atoms with Gasteiger partial charge in [0.05, 0.1) is 13.5 Å². The highest BCUT2D eigenvalue weighted by Crippen LogP contribution is 2.22. The monoisotopic (exact) mass is 396 g/mol. The summed E-state index contributed by atoms with van der Waals surface area (Å²) in [5, 5.41) is 4.00. The summed E-state index contributed by atoms with van der Waals surface area (Å²) < 4.78 is 17.4. The number of hydrogen-bond donors (Lipinski definition) is 0. The van der Waals surface area contributed by atoms with Gasteiger partial charge in [-0.1, -0.05) is 17.3 Å². The lowest BCUT2D eigenvalue weighted by Gasteiger charge is -2.08. The van der Waals surface area contributed by atoms with Crippen molar-refractivity contribution in [1.29, 1.82) is 0 Å². The molecule has 0 bridgehead atoms. The molecule has 0 aliphatic carbocycles. The predicted molar refractivity (Wildman–Crippen MR) is 107 cm³/mol. The number of aryl methyl sites for hydroxylation is 3. The van der Waals surface area contributed by atoms with E-state index in [9.17, 15) is 9.59 Å². The Hall–Kier alpha value is -3.35. The maximum Gasteiger partial charge on any atom is 0.310 e. The molecule has 0 amide bonds. The zero-order valence-electron chi connectivity index (χ0n) is 17.2. The first-order valence-electron chi connectivity index (χ1n) is 9.25. The molecule has 0 radical (unpaired) electrons. The molecule has 2 aromatic heterocycles. The van der Waals surface area contributed by atoms with Crippen molar-refractivity contribution >= 4 is 11.8 Å². The van der Waals surface area contributed by atoms with E-state index < -0.39 is 5.97 Å². The molecule has 3 rings (SSSR count). The molecule has 1 aromatic carbocycles. The standard InChI is InChI=1S/C22H24N2O5/c1-13-6-7-17(10-20(13)27-5)11-22(26)28-12-19(25)18-8-14(2)24(16(18)4)21-9-15(3)29-23-21/h6-10H,11-12H2,1-5H3. The fraction of sp³-hybridized carbons (Fsp3) is 0.318. The molecule has 7 heteroatoms. The van der Waals surface area contributed by atoms with Crippen LogP contribution in [-0.2, 0) is 16.0 Å². The van der Waals surface area contributed by atoms with Gasteiger partial charge in [0.15, 0.2) is 12.4 Å². The number of carbonyl (C=O) groups excluding carboxylic acids is 2. The molecule has 0 N–H and O–H groups in total. The molecule has 0 saturated heterocycles. The summed E-state index contributed by atoms with van der Waals surface area (Å²) in [5.41, 5.74) is 3.81. The summed E-state index contributed by atoms with van der Waals surface area (Å²) >= 11 is 0. The van der Waals surface area contributed by atoms with Crippen LogP contribution in [0, 0.1) is 27.7 Å². The van der Waals surface area contributed by atoms with Crippen molar-refractivity contribution in [3.63, 3.8) is 0 Å². The maximum atomic E-state index is 12.6. The minimum Gasteiger partial charge on any atom is -0.496 e. The van der Waals surface area contributed by atoms with Gasteiger partial charge in [-0.3, -0.25) is 14.2 Å². The van der Waals surface area contributed by atoms with Crippen molar-refractivity contribution in [3.05, 3.63) is 64.2 Å². The number of nitrogens with zero attached hydrogens (tertiary/aromatic N) is 2. The Labute approximate surface area is 169 Å². The molecule has 0 aliphatic heterocycles. The summed E-state index contributed by atoms with van der Waals surface area (Å²) in [7, 11) is 1.58. The van der Waals surface area contributed by atoms with Gasteiger partial charge in [0.1, 0.15) is 11.5 Å². The second-order valence-electron chi connectivity index (χ2n) is 6.98. The van der Waals surface area contributed by atoms with Gasteiger partial charge in [-0.05, 0) is 51.0 Å². The smallest absolute Gasteiger partial charge is 0.310 e. The zero-order valence-corrected chi connectivity index (χ0v) is 17.2. The van der Waals surface area contributed by atoms with Crippen molar-refractivity contribution in [3.8, 4) is 11.6 Å². The van der Waals surface area contributed by atoms with E-state index in [0.29, 0.717) is 22.9 Å². The van der Waals surface area contributed by atoms with Crippen molar-refractivity contribution in [2.75, 3.05) is 13.7 Å². The molecular formula is C22H24N2O5. The Kier molecular flexibility index (Phi) is 5.87. The van der Waals surface area contributed by atoms with Crippen LogP contribution in [0.2, 0.25) is 0 Å². The highest BCUT2D eigenvalue weighted by molar-refractivity contribution is 5.99. The summed E-state index contributed by atoms with van der Waals surface area (Å²) in [5.74, 6) is 1.27. The van der Waals surface area contributed by atoms with Crippen molar-refractivity contribution in [2.45, 2.75) is 34.1 Å². The molecule has 3 aromatic rings. The van der Waals surface area contributed by atoms with Gasteiger partial charge >= 0.3 is 5.97 Å². The summed E-state index contributed by atoms with van der Waals surface area (Å²) in [6, 6.07) is 9.08. The average Bonchev–Trinajstić information content (AvgIpc) is 3.23. The maximum absolute atomic E-state index is 12.6. The zero-order chi connectivity index (χ0) is 21.1. The van der Waals surface area contributed by atoms with Gasteiger partial charge in [-0.15, -0.1) is 0 Å². The topological polar surface area (TPSA) is 83.6 Å². The Morgan fingerprint density at radius 2 is 1.86 bits per heavy atom. The first-order chi connectivity index (χ1) is 13.8. The number of hydrogen-bond acceptors (Lipinski definition) is 6. The number of methoxy groups -OCH3 is 1. The number of carbonyl (C=O) groups is 2. The van der Waals surface area contributed by atoms with Gasteiger partial charge in [0.2, 0.25) is 5.78 Å². The van der Waals surface area contributed by atoms with Crippen LogP contribution in [0.4, 0.5) is 0 Å². The van der Waals surface area contributed by atoms with Crippen LogP contribution in [0.1, 0.15) is 38.6 Å². The molecule has 0 unspecified atom stereocenters. The van der Waals surface area contributed by atoms with Gasteiger partial charge in [0, 0.05) is 23.0 Å². The number of esters is 1. The second kappa shape index (κ2) is 8.34. The molecule has 7 nitrogen and oxygen atoms in total. The fourth-order valence-corrected chi connectivity index (χ4v) is 3.27. The van der Waals surface area contributed by atoms with Gasteiger partial charge < -0.3 is 14.0 Å². The van der Waals surface area contributed by atoms with E-state index in [1.165, 1.54) is 0 Å². The highest BCUT2D eigenvalue weighted by atomic mass is 16.5. The lowest BCUT2D eigenvalue weighted by Crippen LogP contribution is -2.16. The number of rotatable bonds is 7. The van der Waals surface area contributed by atoms with E-state index >= 15 is 0 Å². The van der Waals surface area contributed by atoms with Crippen LogP contribution < -0.4 is 4.74 Å². The van der Waals surface area contributed by atoms with Crippen LogP contribution in [0.3, 0.4) is 0 Å². The lowest BCUT2D eigenvalue weighted by molar-refractivity contribution is -0.141. The van der Waals surface area contributed by atoms with Crippen LogP contribution in [0.25, 0.3) is 5.82 Å². The van der Waals surface area contributed by atoms with Crippen molar-refractivity contribution < 1.29 is 23.6 Å². The third-order valence-corrected chi connectivity index (χ3v) is 4.76. The number of aromatic nitrogens is 2. The SMILES string of the molecule is COc1cc(CC(=O)OCC(=O)c2cc(C)n(-c3cc(C)on3)c2C)ccc1C. The Morgan fingerprint density at radius 1 is 1.10 bits per heavy atom. The van der Waals surface area contributed by atoms with Crippen LogP contribution in [0.5, 0.6) is 5.75 Å². The van der Waals surface area contributed by atoms with Crippen molar-refractivity contribution in [1.82, 2.24) is 9.72 Å². The van der Waals surface area contributed by atoms with Crippen LogP contribution in [0.15, 0.2) is 34.9 Å². The fourth-order valence-electron chi connectivity index (χ4n) is 3.27. The number of ketones is 1. The Bertz CT molecular complexity index is 1060. The molecule has 0 aliphatic rings. The van der Waals surface area contributed by atoms with E-state index in [1.807, 2.05) is 37.5 Å². The summed E-state index contributed by atoms with van der Waals surface area (Å²) in [6.45, 7) is 7.12. The van der Waals surface area contributed by atoms with Gasteiger partial charge in [0.25, 0.3) is 0 Å². The van der Waals surface area contributed by atoms with E-state index in [4.69, 9.17) is 14.0 Å². The lowest BCUT2D eigenvalue weighted by atomic mass is 10.1. The third kappa shape index (κ3) is 4.39. The molecular weight excluding hydrogens is 372 g/mol. The molecule has 0 saturated carbocycles. The largest absolute Gasteiger partial charge is 0.496 e. The first kappa shape index (κ1) is 20.4. The average molecular weight is 396 g/mol. The van der Waals surface area contributed by atoms with Crippen LogP contribution in [-0.4, -0.2) is 35.2 Å². The molecule has 152 valence electrons. The van der Waals surface area contributed by atoms with Crippen LogP contribution >= 0.6 is 0 Å². The number of ether oxygens (including phenoxy) is 2. The minimum absolute atomic E-state index is 0.0706. The van der Waals surface area contributed by atoms with E-state index in [1.54, 1.807) is 32.2 Å². The Balaban J connectivity index is 1.66. The predicted octanol–water partition coefficient (Wildman–Crippen LogP) is 3.68. The number of Topliss-reactive ketones (excluding diaryl/α,β-unsaturated/α-hetero) is 1. The second-order valence-corrected chi connectivity index (χ2v) is 6.98. The molecule has 2 heterocycles. The quantitative estimate of drug-likeness (QED) is 0.447. The normalized spacial score (nSPS) is 10.8. The highest BCUT2D eigenvalue weighted by Gasteiger charge is 2.19. The molecule has 0 spiro atoms. The van der Waals surface area contributed by atoms with E-state index in [-0.39, 0.29) is 18.8 Å². The van der Waals surface area contributed by atoms with Gasteiger partial charge in [-0.25, -0.2) is 0 Å². The first-order valence-corrected chi connectivity index (χ1v) is 9.25. The Morgan fingerprint density at radius 3 is 2.52 bits per heavy atom. The van der Waals surface area contributed by atoms with E-state index in [0.717, 1.165) is 22.5 Å². The molecule has 0 fully saturated rings. The summed E-state index contributed by atoms with van der Waals surface area (Å²) in [6.07, 6.45) is 0.0706. The molecule has 29 heavy (non-hydrogen) atoms. The third-order valence-electron chi connectivity index (χ3n) is 4.76. The number of benzene rings is 1. The van der Waals surface area contributed by atoms with Gasteiger partial charge in [-0.2, -0.15) is 0 Å². The summed E-state index contributed by atoms with van der Waals surface area (Å²) in [4.78, 5) is 24.8. The van der Waals surface area contributed by atoms with E-state index in [2.05, 4.69) is 5.16 Å². The minimum atomic E-state index is -0.467.